The molecule has 2 N–H and O–H groups in total. The summed E-state index contributed by atoms with van der Waals surface area (Å²) in [5.74, 6) is 1.30. The van der Waals surface area contributed by atoms with E-state index < -0.39 is 0 Å². The third-order valence-electron chi connectivity index (χ3n) is 4.34. The van der Waals surface area contributed by atoms with E-state index in [9.17, 15) is 4.79 Å². The minimum absolute atomic E-state index is 0.235. The van der Waals surface area contributed by atoms with Crippen LogP contribution < -0.4 is 20.1 Å². The first-order chi connectivity index (χ1) is 13.5. The van der Waals surface area contributed by atoms with Crippen LogP contribution in [0.1, 0.15) is 21.6 Å². The molecule has 0 saturated carbocycles. The van der Waals surface area contributed by atoms with Gasteiger partial charge in [-0.25, -0.2) is 9.97 Å². The maximum absolute atomic E-state index is 12.6. The molecule has 0 bridgehead atoms. The summed E-state index contributed by atoms with van der Waals surface area (Å²) in [6.07, 6.45) is 1.35. The molecule has 0 spiro atoms. The normalized spacial score (nSPS) is 10.3. The van der Waals surface area contributed by atoms with E-state index in [1.54, 1.807) is 31.4 Å². The molecular formula is C21H22N4O3. The highest BCUT2D eigenvalue weighted by Crippen LogP contribution is 2.29. The first-order valence-electron chi connectivity index (χ1n) is 8.70. The molecule has 0 aliphatic heterocycles. The first kappa shape index (κ1) is 19.2. The van der Waals surface area contributed by atoms with Gasteiger partial charge in [-0.3, -0.25) is 4.79 Å². The zero-order valence-electron chi connectivity index (χ0n) is 16.2. The second kappa shape index (κ2) is 8.39. The zero-order valence-corrected chi connectivity index (χ0v) is 16.2. The van der Waals surface area contributed by atoms with Crippen molar-refractivity contribution in [1.82, 2.24) is 9.97 Å². The summed E-state index contributed by atoms with van der Waals surface area (Å²) in [6, 6.07) is 12.8. The number of amides is 1. The van der Waals surface area contributed by atoms with Crippen LogP contribution in [0.5, 0.6) is 11.5 Å². The van der Waals surface area contributed by atoms with Gasteiger partial charge in [0.2, 0.25) is 0 Å². The number of rotatable bonds is 6. The van der Waals surface area contributed by atoms with E-state index in [1.807, 2.05) is 25.1 Å². The van der Waals surface area contributed by atoms with Gasteiger partial charge in [0.05, 0.1) is 19.9 Å². The number of nitrogens with one attached hydrogen (secondary N) is 2. The van der Waals surface area contributed by atoms with Gasteiger partial charge in [0, 0.05) is 17.8 Å². The molecule has 0 radical (unpaired) electrons. The predicted octanol–water partition coefficient (Wildman–Crippen LogP) is 4.11. The minimum atomic E-state index is -0.367. The Morgan fingerprint density at radius 1 is 0.929 bits per heavy atom. The number of benzene rings is 2. The Balaban J connectivity index is 1.78. The largest absolute Gasteiger partial charge is 0.497 e. The predicted molar refractivity (Wildman–Crippen MR) is 109 cm³/mol. The van der Waals surface area contributed by atoms with Crippen molar-refractivity contribution in [3.05, 3.63) is 65.6 Å². The first-order valence-corrected chi connectivity index (χ1v) is 8.70. The summed E-state index contributed by atoms with van der Waals surface area (Å²) in [5.41, 5.74) is 4.03. The molecule has 2 aromatic carbocycles. The lowest BCUT2D eigenvalue weighted by atomic mass is 10.1. The number of hydrogen-bond acceptors (Lipinski definition) is 6. The van der Waals surface area contributed by atoms with E-state index in [-0.39, 0.29) is 11.6 Å². The van der Waals surface area contributed by atoms with Crippen LogP contribution >= 0.6 is 0 Å². The quantitative estimate of drug-likeness (QED) is 0.671. The molecule has 7 nitrogen and oxygen atoms in total. The van der Waals surface area contributed by atoms with Crippen molar-refractivity contribution < 1.29 is 14.3 Å². The van der Waals surface area contributed by atoms with Crippen LogP contribution in [0.4, 0.5) is 17.2 Å². The summed E-state index contributed by atoms with van der Waals surface area (Å²) < 4.78 is 10.5. The average Bonchev–Trinajstić information content (AvgIpc) is 2.71. The lowest BCUT2D eigenvalue weighted by molar-refractivity contribution is 0.102. The van der Waals surface area contributed by atoms with Crippen molar-refractivity contribution in [2.24, 2.45) is 0 Å². The fourth-order valence-electron chi connectivity index (χ4n) is 2.61. The Kier molecular flexibility index (Phi) is 5.74. The number of nitrogens with zero attached hydrogens (tertiary/aromatic N) is 2. The lowest BCUT2D eigenvalue weighted by Crippen LogP contribution is -2.15. The fourth-order valence-corrected chi connectivity index (χ4v) is 2.61. The maximum atomic E-state index is 12.6. The third-order valence-corrected chi connectivity index (χ3v) is 4.34. The van der Waals surface area contributed by atoms with Gasteiger partial charge in [0.15, 0.2) is 0 Å². The molecule has 0 unspecified atom stereocenters. The monoisotopic (exact) mass is 378 g/mol. The fraction of sp³-hybridized carbons (Fsp3) is 0.190. The van der Waals surface area contributed by atoms with E-state index in [0.29, 0.717) is 23.0 Å². The average molecular weight is 378 g/mol. The molecule has 3 rings (SSSR count). The number of carbonyl (C=O) groups excluding carboxylic acids is 1. The van der Waals surface area contributed by atoms with E-state index in [0.717, 1.165) is 5.69 Å². The van der Waals surface area contributed by atoms with Gasteiger partial charge in [-0.1, -0.05) is 6.07 Å². The minimum Gasteiger partial charge on any atom is -0.497 e. The third kappa shape index (κ3) is 4.37. The Morgan fingerprint density at radius 3 is 2.46 bits per heavy atom. The number of anilines is 3. The van der Waals surface area contributed by atoms with Crippen LogP contribution in [-0.4, -0.2) is 30.1 Å². The molecule has 28 heavy (non-hydrogen) atoms. The molecule has 0 atom stereocenters. The molecule has 0 aliphatic rings. The SMILES string of the molecule is COc1ccc(NC(=O)c2cc(Nc3ccc(C)c(C)c3)ncn2)c(OC)c1. The summed E-state index contributed by atoms with van der Waals surface area (Å²) >= 11 is 0. The van der Waals surface area contributed by atoms with Crippen LogP contribution in [0.2, 0.25) is 0 Å². The number of ether oxygens (including phenoxy) is 2. The summed E-state index contributed by atoms with van der Waals surface area (Å²) in [6.45, 7) is 4.10. The topological polar surface area (TPSA) is 85.4 Å². The molecule has 1 aromatic heterocycles. The van der Waals surface area contributed by atoms with Gasteiger partial charge in [-0.15, -0.1) is 0 Å². The Hall–Kier alpha value is -3.61. The van der Waals surface area contributed by atoms with Crippen molar-refractivity contribution in [2.45, 2.75) is 13.8 Å². The Labute approximate surface area is 163 Å². The zero-order chi connectivity index (χ0) is 20.1. The molecule has 1 amide bonds. The Morgan fingerprint density at radius 2 is 1.75 bits per heavy atom. The number of aryl methyl sites for hydroxylation is 2. The highest BCUT2D eigenvalue weighted by molar-refractivity contribution is 6.04. The summed E-state index contributed by atoms with van der Waals surface area (Å²) in [7, 11) is 3.10. The number of carbonyl (C=O) groups is 1. The van der Waals surface area contributed by atoms with Gasteiger partial charge >= 0.3 is 0 Å². The van der Waals surface area contributed by atoms with Crippen LogP contribution in [-0.2, 0) is 0 Å². The molecule has 0 aliphatic carbocycles. The van der Waals surface area contributed by atoms with Gasteiger partial charge < -0.3 is 20.1 Å². The van der Waals surface area contributed by atoms with Crippen molar-refractivity contribution >= 4 is 23.1 Å². The van der Waals surface area contributed by atoms with E-state index in [2.05, 4.69) is 27.5 Å². The molecular weight excluding hydrogens is 356 g/mol. The maximum Gasteiger partial charge on any atom is 0.274 e. The van der Waals surface area contributed by atoms with Crippen molar-refractivity contribution in [1.29, 1.82) is 0 Å². The molecule has 144 valence electrons. The molecule has 3 aromatic rings. The van der Waals surface area contributed by atoms with Crippen molar-refractivity contribution in [2.75, 3.05) is 24.9 Å². The molecule has 7 heteroatoms. The van der Waals surface area contributed by atoms with Gasteiger partial charge in [0.1, 0.15) is 29.3 Å². The number of hydrogen-bond donors (Lipinski definition) is 2. The van der Waals surface area contributed by atoms with Gasteiger partial charge in [-0.05, 0) is 49.2 Å². The van der Waals surface area contributed by atoms with Crippen LogP contribution in [0.25, 0.3) is 0 Å². The van der Waals surface area contributed by atoms with E-state index in [1.165, 1.54) is 24.6 Å². The van der Waals surface area contributed by atoms with Gasteiger partial charge in [0.25, 0.3) is 5.91 Å². The van der Waals surface area contributed by atoms with Crippen molar-refractivity contribution in [3.63, 3.8) is 0 Å². The Bertz CT molecular complexity index is 1000. The summed E-state index contributed by atoms with van der Waals surface area (Å²) in [5, 5.41) is 6.00. The van der Waals surface area contributed by atoms with Gasteiger partial charge in [-0.2, -0.15) is 0 Å². The number of methoxy groups -OCH3 is 2. The second-order valence-corrected chi connectivity index (χ2v) is 6.23. The smallest absolute Gasteiger partial charge is 0.274 e. The molecule has 0 saturated heterocycles. The summed E-state index contributed by atoms with van der Waals surface area (Å²) in [4.78, 5) is 20.9. The van der Waals surface area contributed by atoms with E-state index >= 15 is 0 Å². The van der Waals surface area contributed by atoms with Crippen LogP contribution in [0, 0.1) is 13.8 Å². The highest BCUT2D eigenvalue weighted by atomic mass is 16.5. The lowest BCUT2D eigenvalue weighted by Gasteiger charge is -2.12. The molecule has 0 fully saturated rings. The standard InChI is InChI=1S/C21H22N4O3/c1-13-5-6-15(9-14(13)2)24-20-11-18(22-12-23-20)21(26)25-17-8-7-16(27-3)10-19(17)28-4/h5-12H,1-4H3,(H,25,26)(H,22,23,24). The van der Waals surface area contributed by atoms with Crippen molar-refractivity contribution in [3.8, 4) is 11.5 Å². The van der Waals surface area contributed by atoms with Crippen LogP contribution in [0.15, 0.2) is 48.8 Å². The van der Waals surface area contributed by atoms with Crippen LogP contribution in [0.3, 0.4) is 0 Å². The number of aromatic nitrogens is 2. The second-order valence-electron chi connectivity index (χ2n) is 6.23. The molecule has 1 heterocycles. The van der Waals surface area contributed by atoms with E-state index in [4.69, 9.17) is 9.47 Å². The highest BCUT2D eigenvalue weighted by Gasteiger charge is 2.13.